The number of carbonyl (C=O) groups is 1. The zero-order valence-electron chi connectivity index (χ0n) is 22.1. The van der Waals surface area contributed by atoms with Gasteiger partial charge in [-0.1, -0.05) is 63.1 Å². The summed E-state index contributed by atoms with van der Waals surface area (Å²) in [5.41, 5.74) is 0.745. The predicted molar refractivity (Wildman–Crippen MR) is 156 cm³/mol. The number of amides is 1. The lowest BCUT2D eigenvalue weighted by atomic mass is 10.1. The van der Waals surface area contributed by atoms with Crippen molar-refractivity contribution in [3.05, 3.63) is 58.0 Å². The standard InChI is InChI=1S/C28H35ClN2O5S2/c1-4-6-7-8-9-10-11-18-36-25-19-21(12-17-24(25)35-3)20-26-27(32)31(5-2)28(37-26)30-38(33,34)23-15-13-22(29)14-16-23/h12-17,19-20H,4-11,18H2,1-3H3/b26-20-,30-28?. The second-order valence-electron chi connectivity index (χ2n) is 8.84. The summed E-state index contributed by atoms with van der Waals surface area (Å²) in [6, 6.07) is 11.2. The number of carbonyl (C=O) groups excluding carboxylic acids is 1. The van der Waals surface area contributed by atoms with Crippen LogP contribution in [0.5, 0.6) is 11.5 Å². The van der Waals surface area contributed by atoms with Crippen molar-refractivity contribution in [1.82, 2.24) is 4.90 Å². The number of hydrogen-bond donors (Lipinski definition) is 0. The van der Waals surface area contributed by atoms with E-state index in [9.17, 15) is 13.2 Å². The van der Waals surface area contributed by atoms with Gasteiger partial charge in [0.05, 0.1) is 23.5 Å². The van der Waals surface area contributed by atoms with Crippen LogP contribution >= 0.6 is 23.4 Å². The maximum atomic E-state index is 13.1. The Balaban J connectivity index is 1.73. The van der Waals surface area contributed by atoms with E-state index < -0.39 is 10.0 Å². The number of ether oxygens (including phenoxy) is 2. The molecule has 7 nitrogen and oxygen atoms in total. The summed E-state index contributed by atoms with van der Waals surface area (Å²) in [5.74, 6) is 0.922. The third kappa shape index (κ3) is 8.25. The highest BCUT2D eigenvalue weighted by atomic mass is 35.5. The fraction of sp³-hybridized carbons (Fsp3) is 0.429. The van der Waals surface area contributed by atoms with Crippen molar-refractivity contribution < 1.29 is 22.7 Å². The maximum absolute atomic E-state index is 13.1. The topological polar surface area (TPSA) is 85.3 Å². The van der Waals surface area contributed by atoms with E-state index in [1.165, 1.54) is 61.3 Å². The number of halogens is 1. The number of nitrogens with zero attached hydrogens (tertiary/aromatic N) is 2. The highest BCUT2D eigenvalue weighted by molar-refractivity contribution is 8.19. The molecule has 38 heavy (non-hydrogen) atoms. The van der Waals surface area contributed by atoms with Gasteiger partial charge in [0.25, 0.3) is 15.9 Å². The lowest BCUT2D eigenvalue weighted by Crippen LogP contribution is -2.29. The molecule has 1 fully saturated rings. The molecule has 0 N–H and O–H groups in total. The fourth-order valence-corrected chi connectivity index (χ4v) is 6.28. The summed E-state index contributed by atoms with van der Waals surface area (Å²) in [4.78, 5) is 14.8. The van der Waals surface area contributed by atoms with Gasteiger partial charge < -0.3 is 9.47 Å². The zero-order valence-corrected chi connectivity index (χ0v) is 24.5. The van der Waals surface area contributed by atoms with Crippen LogP contribution in [0.3, 0.4) is 0 Å². The molecule has 2 aromatic rings. The van der Waals surface area contributed by atoms with Gasteiger partial charge in [-0.3, -0.25) is 9.69 Å². The molecule has 0 bridgehead atoms. The molecule has 3 rings (SSSR count). The Morgan fingerprint density at radius 3 is 2.32 bits per heavy atom. The molecule has 2 aromatic carbocycles. The van der Waals surface area contributed by atoms with Crippen molar-refractivity contribution in [2.45, 2.75) is 63.7 Å². The normalized spacial score (nSPS) is 16.0. The molecular weight excluding hydrogens is 544 g/mol. The number of amidine groups is 1. The fourth-order valence-electron chi connectivity index (χ4n) is 3.91. The second kappa shape index (κ2) is 14.6. The quantitative estimate of drug-likeness (QED) is 0.175. The average Bonchev–Trinajstić information content (AvgIpc) is 3.18. The van der Waals surface area contributed by atoms with E-state index >= 15 is 0 Å². The molecule has 0 radical (unpaired) electrons. The van der Waals surface area contributed by atoms with Crippen molar-refractivity contribution >= 4 is 50.5 Å². The first-order valence-electron chi connectivity index (χ1n) is 12.9. The second-order valence-corrected chi connectivity index (χ2v) is 11.9. The highest BCUT2D eigenvalue weighted by Crippen LogP contribution is 2.35. The van der Waals surface area contributed by atoms with Crippen LogP contribution in [-0.4, -0.2) is 44.7 Å². The molecule has 1 amide bonds. The zero-order chi connectivity index (χ0) is 27.5. The molecule has 1 heterocycles. The maximum Gasteiger partial charge on any atom is 0.284 e. The summed E-state index contributed by atoms with van der Waals surface area (Å²) in [6.07, 6.45) is 10.1. The first-order chi connectivity index (χ1) is 18.3. The molecule has 1 aliphatic heterocycles. The third-order valence-electron chi connectivity index (χ3n) is 6.00. The Hall–Kier alpha value is -2.49. The van der Waals surface area contributed by atoms with Gasteiger partial charge in [-0.05, 0) is 73.1 Å². The third-order valence-corrected chi connectivity index (χ3v) is 8.66. The van der Waals surface area contributed by atoms with Crippen LogP contribution < -0.4 is 9.47 Å². The van der Waals surface area contributed by atoms with E-state index in [4.69, 9.17) is 21.1 Å². The number of methoxy groups -OCH3 is 1. The number of sulfonamides is 1. The highest BCUT2D eigenvalue weighted by Gasteiger charge is 2.34. The molecule has 0 spiro atoms. The first kappa shape index (κ1) is 30.1. The van der Waals surface area contributed by atoms with Crippen LogP contribution in [0.1, 0.15) is 64.4 Å². The van der Waals surface area contributed by atoms with Gasteiger partial charge in [0, 0.05) is 11.6 Å². The lowest BCUT2D eigenvalue weighted by molar-refractivity contribution is -0.122. The number of rotatable bonds is 14. The van der Waals surface area contributed by atoms with E-state index in [1.54, 1.807) is 26.2 Å². The molecule has 0 atom stereocenters. The summed E-state index contributed by atoms with van der Waals surface area (Å²) < 4.78 is 41.1. The van der Waals surface area contributed by atoms with E-state index in [0.29, 0.717) is 28.0 Å². The number of hydrogen-bond acceptors (Lipinski definition) is 6. The average molecular weight is 579 g/mol. The molecule has 206 valence electrons. The Labute approximate surface area is 235 Å². The minimum Gasteiger partial charge on any atom is -0.493 e. The molecule has 0 unspecified atom stereocenters. The van der Waals surface area contributed by atoms with Crippen LogP contribution in [-0.2, 0) is 14.8 Å². The first-order valence-corrected chi connectivity index (χ1v) is 15.5. The molecule has 0 aromatic heterocycles. The van der Waals surface area contributed by atoms with Gasteiger partial charge in [-0.2, -0.15) is 8.42 Å². The van der Waals surface area contributed by atoms with Gasteiger partial charge in [0.15, 0.2) is 16.7 Å². The molecule has 1 saturated heterocycles. The van der Waals surface area contributed by atoms with E-state index in [2.05, 4.69) is 11.3 Å². The predicted octanol–water partition coefficient (Wildman–Crippen LogP) is 7.16. The van der Waals surface area contributed by atoms with E-state index in [0.717, 1.165) is 30.2 Å². The Kier molecular flexibility index (Phi) is 11.6. The molecule has 1 aliphatic rings. The minimum absolute atomic E-state index is 0.00818. The van der Waals surface area contributed by atoms with Crippen molar-refractivity contribution in [2.75, 3.05) is 20.3 Å². The number of unbranched alkanes of at least 4 members (excludes halogenated alkanes) is 6. The monoisotopic (exact) mass is 578 g/mol. The van der Waals surface area contributed by atoms with Crippen molar-refractivity contribution in [1.29, 1.82) is 0 Å². The summed E-state index contributed by atoms with van der Waals surface area (Å²) >= 11 is 6.90. The number of benzene rings is 2. The van der Waals surface area contributed by atoms with Crippen molar-refractivity contribution in [3.8, 4) is 11.5 Å². The smallest absolute Gasteiger partial charge is 0.284 e. The summed E-state index contributed by atoms with van der Waals surface area (Å²) in [7, 11) is -2.42. The molecule has 10 heteroatoms. The minimum atomic E-state index is -4.01. The largest absolute Gasteiger partial charge is 0.493 e. The summed E-state index contributed by atoms with van der Waals surface area (Å²) in [5, 5.41) is 0.537. The van der Waals surface area contributed by atoms with Crippen LogP contribution in [0.2, 0.25) is 5.02 Å². The van der Waals surface area contributed by atoms with Gasteiger partial charge in [0.2, 0.25) is 0 Å². The van der Waals surface area contributed by atoms with Gasteiger partial charge >= 0.3 is 0 Å². The van der Waals surface area contributed by atoms with Crippen LogP contribution in [0, 0.1) is 0 Å². The molecular formula is C28H35ClN2O5S2. The van der Waals surface area contributed by atoms with Crippen molar-refractivity contribution in [3.63, 3.8) is 0 Å². The van der Waals surface area contributed by atoms with Gasteiger partial charge in [-0.15, -0.1) is 4.40 Å². The Morgan fingerprint density at radius 1 is 0.974 bits per heavy atom. The molecule has 0 aliphatic carbocycles. The van der Waals surface area contributed by atoms with Gasteiger partial charge in [0.1, 0.15) is 0 Å². The lowest BCUT2D eigenvalue weighted by Gasteiger charge is -2.12. The SMILES string of the molecule is CCCCCCCCCOc1cc(/C=C2\SC(=NS(=O)(=O)c3ccc(Cl)cc3)N(CC)C2=O)ccc1OC. The Morgan fingerprint density at radius 2 is 1.66 bits per heavy atom. The van der Waals surface area contributed by atoms with Crippen molar-refractivity contribution in [2.24, 2.45) is 4.40 Å². The number of likely N-dealkylation sites (N-methyl/N-ethyl adjacent to an activating group) is 1. The molecule has 0 saturated carbocycles. The van der Waals surface area contributed by atoms with Crippen LogP contribution in [0.4, 0.5) is 0 Å². The Bertz CT molecular complexity index is 1260. The number of thioether (sulfide) groups is 1. The summed E-state index contributed by atoms with van der Waals surface area (Å²) in [6.45, 7) is 4.86. The van der Waals surface area contributed by atoms with Gasteiger partial charge in [-0.25, -0.2) is 0 Å². The van der Waals surface area contributed by atoms with Crippen LogP contribution in [0.15, 0.2) is 56.7 Å². The van der Waals surface area contributed by atoms with E-state index in [-0.39, 0.29) is 22.5 Å². The van der Waals surface area contributed by atoms with Crippen LogP contribution in [0.25, 0.3) is 6.08 Å². The van der Waals surface area contributed by atoms with E-state index in [1.807, 2.05) is 12.1 Å².